The molecular formula is C24H25F3N6O7S3. The second-order valence-corrected chi connectivity index (χ2v) is 13.2. The molecule has 0 aromatic carbocycles. The molecule has 4 rings (SSSR count). The molecular weight excluding hydrogens is 637 g/mol. The van der Waals surface area contributed by atoms with Gasteiger partial charge in [0.1, 0.15) is 11.4 Å². The second kappa shape index (κ2) is 12.3. The molecule has 3 aliphatic heterocycles. The van der Waals surface area contributed by atoms with E-state index in [1.165, 1.54) is 73.5 Å². The number of carbonyl (C=O) groups excluding carboxylic acids is 3. The van der Waals surface area contributed by atoms with Crippen molar-refractivity contribution in [1.82, 2.24) is 15.5 Å². The Morgan fingerprint density at radius 1 is 1.35 bits per heavy atom. The molecule has 0 saturated carbocycles. The van der Waals surface area contributed by atoms with E-state index in [9.17, 15) is 42.6 Å². The molecule has 4 heterocycles. The third-order valence-corrected chi connectivity index (χ3v) is 9.62. The molecule has 1 aromatic heterocycles. The molecule has 0 aliphatic carbocycles. The number of amides is 2. The third kappa shape index (κ3) is 7.22. The number of nitrogens with zero attached hydrogens (tertiary/aromatic N) is 3. The highest BCUT2D eigenvalue weighted by atomic mass is 32.2. The van der Waals surface area contributed by atoms with E-state index in [4.69, 9.17) is 10.6 Å². The number of carboxylic acid groups (broad SMARTS) is 2. The highest BCUT2D eigenvalue weighted by Gasteiger charge is 2.54. The molecule has 13 nitrogen and oxygen atoms in total. The Morgan fingerprint density at radius 3 is 2.58 bits per heavy atom. The second-order valence-electron chi connectivity index (χ2n) is 9.86. The summed E-state index contributed by atoms with van der Waals surface area (Å²) in [4.78, 5) is 54.9. The predicted octanol–water partition coefficient (Wildman–Crippen LogP) is -0.312. The number of hydrogen-bond donors (Lipinski definition) is 4. The molecule has 5 N–H and O–H groups in total. The maximum Gasteiger partial charge on any atom is 0.448 e. The first-order valence-electron chi connectivity index (χ1n) is 12.3. The highest BCUT2D eigenvalue weighted by molar-refractivity contribution is 8.04. The quantitative estimate of drug-likeness (QED) is 0.0796. The number of β-lactam (4-membered cyclic amide) rings is 1. The van der Waals surface area contributed by atoms with Crippen LogP contribution in [0.5, 0.6) is 0 Å². The zero-order valence-corrected chi connectivity index (χ0v) is 24.9. The van der Waals surface area contributed by atoms with E-state index in [1.54, 1.807) is 0 Å². The minimum absolute atomic E-state index is 0.117. The fraction of sp³-hybridized carbons (Fsp3) is 0.417. The number of alkyl halides is 3. The van der Waals surface area contributed by atoms with Gasteiger partial charge in [-0.05, 0) is 24.8 Å². The summed E-state index contributed by atoms with van der Waals surface area (Å²) >= 11 is 3.31. The molecule has 1 saturated heterocycles. The molecule has 0 radical (unpaired) electrons. The summed E-state index contributed by atoms with van der Waals surface area (Å²) in [5.74, 6) is -4.35. The molecule has 232 valence electrons. The lowest BCUT2D eigenvalue weighted by Gasteiger charge is -2.51. The van der Waals surface area contributed by atoms with Crippen molar-refractivity contribution in [2.45, 2.75) is 53.5 Å². The molecule has 1 aromatic rings. The Kier molecular flexibility index (Phi) is 9.29. The Labute approximate surface area is 255 Å². The van der Waals surface area contributed by atoms with E-state index in [0.29, 0.717) is 10.5 Å². The van der Waals surface area contributed by atoms with Gasteiger partial charge in [0.05, 0.1) is 11.7 Å². The van der Waals surface area contributed by atoms with E-state index < -0.39 is 64.2 Å². The first-order valence-corrected chi connectivity index (χ1v) is 15.2. The highest BCUT2D eigenvalue weighted by Crippen LogP contribution is 2.41. The van der Waals surface area contributed by atoms with Crippen molar-refractivity contribution in [2.75, 3.05) is 11.5 Å². The van der Waals surface area contributed by atoms with Gasteiger partial charge in [0.25, 0.3) is 11.8 Å². The van der Waals surface area contributed by atoms with Crippen molar-refractivity contribution in [3.8, 4) is 0 Å². The van der Waals surface area contributed by atoms with Crippen LogP contribution in [-0.4, -0.2) is 79.2 Å². The van der Waals surface area contributed by atoms with E-state index in [-0.39, 0.29) is 17.2 Å². The average Bonchev–Trinajstić information content (AvgIpc) is 3.36. The molecule has 3 aliphatic rings. The van der Waals surface area contributed by atoms with Crippen molar-refractivity contribution in [1.29, 1.82) is 0 Å². The smallest absolute Gasteiger partial charge is 0.448 e. The van der Waals surface area contributed by atoms with Gasteiger partial charge < -0.3 is 30.5 Å². The van der Waals surface area contributed by atoms with Crippen LogP contribution in [-0.2, 0) is 30.6 Å². The largest absolute Gasteiger partial charge is 0.543 e. The summed E-state index contributed by atoms with van der Waals surface area (Å²) in [6, 6.07) is 1.76. The normalized spacial score (nSPS) is 23.8. The van der Waals surface area contributed by atoms with Crippen LogP contribution in [0.4, 0.5) is 13.2 Å². The zero-order chi connectivity index (χ0) is 31.7. The van der Waals surface area contributed by atoms with Crippen LogP contribution >= 0.6 is 35.3 Å². The molecule has 0 spiro atoms. The van der Waals surface area contributed by atoms with Crippen molar-refractivity contribution in [2.24, 2.45) is 10.9 Å². The predicted molar refractivity (Wildman–Crippen MR) is 147 cm³/mol. The van der Waals surface area contributed by atoms with Gasteiger partial charge >= 0.3 is 12.1 Å². The number of nitrogens with one attached hydrogen (secondary N) is 2. The fourth-order valence-corrected chi connectivity index (χ4v) is 7.05. The molecule has 1 unspecified atom stereocenters. The number of pyridine rings is 1. The number of fused-ring (bicyclic) bond motifs is 1. The third-order valence-electron chi connectivity index (χ3n) is 6.23. The number of hydrogen-bond acceptors (Lipinski definition) is 12. The Bertz CT molecular complexity index is 1410. The topological polar surface area (TPSA) is 190 Å². The lowest BCUT2D eigenvalue weighted by molar-refractivity contribution is -0.719. The molecule has 3 atom stereocenters. The van der Waals surface area contributed by atoms with Crippen molar-refractivity contribution in [3.05, 3.63) is 47.4 Å². The average molecular weight is 663 g/mol. The number of oxime groups is 1. The first-order chi connectivity index (χ1) is 20.0. The maximum absolute atomic E-state index is 13.3. The summed E-state index contributed by atoms with van der Waals surface area (Å²) in [5.41, 5.74) is 3.97. The molecule has 1 fully saturated rings. The van der Waals surface area contributed by atoms with Crippen LogP contribution in [0.1, 0.15) is 13.8 Å². The Hall–Kier alpha value is -3.42. The Balaban J connectivity index is 1.47. The Morgan fingerprint density at radius 2 is 2.02 bits per heavy atom. The first kappa shape index (κ1) is 32.5. The standard InChI is InChI=1S/C24H25F3N6O7S3/c1-22(2,21(38)39)40-31-16(24(28)29-5-8-43-24)17(34)30-14-18(35)33-15(20(36)37)12(10-42-19(14)33)9-41-13-3-6-32(7-4-13)11-23(25,26)27/h3-8,14,19,29H,9-11,28H2,1-2H3,(H2-,30,34,36,37,38,39)/b31-16-/t14-,19-,24?/m1/s1. The number of rotatable bonds is 11. The van der Waals surface area contributed by atoms with Gasteiger partial charge in [-0.1, -0.05) is 16.9 Å². The molecule has 19 heteroatoms. The van der Waals surface area contributed by atoms with Gasteiger partial charge in [-0.15, -0.1) is 23.5 Å². The summed E-state index contributed by atoms with van der Waals surface area (Å²) in [6.07, 6.45) is -0.420. The molecule has 0 bridgehead atoms. The number of aromatic nitrogens is 1. The number of carboxylic acids is 2. The summed E-state index contributed by atoms with van der Waals surface area (Å²) in [7, 11) is 0. The SMILES string of the molecule is CC(C)(O/N=C(/C(=O)N[C@@H]1C(=O)N2C(C(=O)[O-])=C(CSc3cc[n+](CC(F)(F)F)cc3)CS[C@H]12)C1(N)NC=CS1)C(=O)O. The van der Waals surface area contributed by atoms with Crippen LogP contribution in [0, 0.1) is 0 Å². The maximum atomic E-state index is 13.3. The zero-order valence-electron chi connectivity index (χ0n) is 22.4. The number of carbonyl (C=O) groups is 4. The van der Waals surface area contributed by atoms with Crippen LogP contribution in [0.2, 0.25) is 0 Å². The van der Waals surface area contributed by atoms with Gasteiger partial charge in [0.2, 0.25) is 12.1 Å². The summed E-state index contributed by atoms with van der Waals surface area (Å²) < 4.78 is 38.7. The number of thioether (sulfide) groups is 3. The number of nitrogens with two attached hydrogens (primary N) is 1. The van der Waals surface area contributed by atoms with Crippen LogP contribution < -0.4 is 26.0 Å². The van der Waals surface area contributed by atoms with Crippen molar-refractivity contribution >= 4 is 64.8 Å². The van der Waals surface area contributed by atoms with E-state index in [2.05, 4.69) is 15.8 Å². The lowest BCUT2D eigenvalue weighted by atomic mass is 10.0. The van der Waals surface area contributed by atoms with Crippen LogP contribution in [0.25, 0.3) is 0 Å². The van der Waals surface area contributed by atoms with Gasteiger partial charge in [0, 0.05) is 34.7 Å². The number of aliphatic carboxylic acids is 2. The van der Waals surface area contributed by atoms with Crippen LogP contribution in [0.3, 0.4) is 0 Å². The van der Waals surface area contributed by atoms with E-state index in [0.717, 1.165) is 21.2 Å². The fourth-order valence-electron chi connectivity index (χ4n) is 3.95. The van der Waals surface area contributed by atoms with E-state index >= 15 is 0 Å². The number of halogens is 3. The van der Waals surface area contributed by atoms with Gasteiger partial charge in [-0.25, -0.2) is 4.79 Å². The minimum atomic E-state index is -4.38. The monoisotopic (exact) mass is 662 g/mol. The van der Waals surface area contributed by atoms with Gasteiger partial charge in [-0.3, -0.25) is 20.2 Å². The van der Waals surface area contributed by atoms with Gasteiger partial charge in [0.15, 0.2) is 23.1 Å². The summed E-state index contributed by atoms with van der Waals surface area (Å²) in [5, 5.41) is 31.0. The van der Waals surface area contributed by atoms with Crippen molar-refractivity contribution in [3.63, 3.8) is 0 Å². The molecule has 43 heavy (non-hydrogen) atoms. The van der Waals surface area contributed by atoms with E-state index in [1.807, 2.05) is 0 Å². The van der Waals surface area contributed by atoms with Gasteiger partial charge in [-0.2, -0.15) is 17.7 Å². The minimum Gasteiger partial charge on any atom is -0.543 e. The van der Waals surface area contributed by atoms with Crippen molar-refractivity contribution < 1.29 is 52.0 Å². The van der Waals surface area contributed by atoms with Crippen LogP contribution in [0.15, 0.2) is 57.5 Å². The molecule has 2 amide bonds. The lowest BCUT2D eigenvalue weighted by Crippen LogP contribution is -2.72. The summed E-state index contributed by atoms with van der Waals surface area (Å²) in [6.45, 7) is 1.27.